The smallest absolute Gasteiger partial charge is 0.338 e. The van der Waals surface area contributed by atoms with Gasteiger partial charge in [0.1, 0.15) is 10.8 Å². The second-order valence-electron chi connectivity index (χ2n) is 15.3. The molecule has 0 saturated carbocycles. The van der Waals surface area contributed by atoms with Crippen LogP contribution in [0.25, 0.3) is 0 Å². The first-order valence-corrected chi connectivity index (χ1v) is 21.0. The van der Waals surface area contributed by atoms with Crippen molar-refractivity contribution in [3.63, 3.8) is 0 Å². The Morgan fingerprint density at radius 3 is 0.673 bits per heavy atom. The Morgan fingerprint density at radius 2 is 0.510 bits per heavy atom. The van der Waals surface area contributed by atoms with Crippen LogP contribution in [0.1, 0.15) is 233 Å². The van der Waals surface area contributed by atoms with Crippen molar-refractivity contribution in [1.82, 2.24) is 0 Å². The van der Waals surface area contributed by atoms with E-state index in [2.05, 4.69) is 27.7 Å². The van der Waals surface area contributed by atoms with E-state index in [9.17, 15) is 34.8 Å². The summed E-state index contributed by atoms with van der Waals surface area (Å²) in [7, 11) is 0. The van der Waals surface area contributed by atoms with Gasteiger partial charge in [0.25, 0.3) is 0 Å². The Bertz CT molecular complexity index is 827. The molecule has 0 aliphatic carbocycles. The molecule has 0 aliphatic heterocycles. The maximum absolute atomic E-state index is 13.6. The molecule has 0 radical (unpaired) electrons. The van der Waals surface area contributed by atoms with Crippen LogP contribution in [-0.4, -0.2) is 43.9 Å². The first-order chi connectivity index (χ1) is 23.6. The number of rotatable bonds is 37. The zero-order valence-electron chi connectivity index (χ0n) is 32.6. The molecule has 0 bridgehead atoms. The lowest BCUT2D eigenvalue weighted by Gasteiger charge is -2.51. The largest absolute Gasteiger partial charge is 0.481 e. The molecule has 0 rings (SSSR count). The van der Waals surface area contributed by atoms with E-state index in [-0.39, 0.29) is 25.7 Å². The summed E-state index contributed by atoms with van der Waals surface area (Å²) >= 11 is 0. The molecule has 49 heavy (non-hydrogen) atoms. The van der Waals surface area contributed by atoms with Gasteiger partial charge >= 0.3 is 17.9 Å². The van der Waals surface area contributed by atoms with Gasteiger partial charge in [-0.25, -0.2) is 4.79 Å². The van der Waals surface area contributed by atoms with Crippen LogP contribution >= 0.6 is 0 Å². The number of carbonyl (C=O) groups is 3. The van der Waals surface area contributed by atoms with Crippen LogP contribution in [0.3, 0.4) is 0 Å². The summed E-state index contributed by atoms with van der Waals surface area (Å²) < 4.78 is 0. The average Bonchev–Trinajstić information content (AvgIpc) is 3.07. The molecule has 7 heteroatoms. The highest BCUT2D eigenvalue weighted by molar-refractivity contribution is 5.95. The summed E-state index contributed by atoms with van der Waals surface area (Å²) in [6.45, 7) is 8.60. The van der Waals surface area contributed by atoms with E-state index in [1.807, 2.05) is 0 Å². The minimum absolute atomic E-state index is 0.0291. The molecular formula is C42H80O7. The molecule has 290 valence electrons. The van der Waals surface area contributed by atoms with Gasteiger partial charge in [-0.15, -0.1) is 0 Å². The molecule has 2 atom stereocenters. The monoisotopic (exact) mass is 697 g/mol. The van der Waals surface area contributed by atoms with Crippen LogP contribution in [-0.2, 0) is 14.4 Å². The third kappa shape index (κ3) is 16.5. The highest BCUT2D eigenvalue weighted by Crippen LogP contribution is 2.56. The Balaban J connectivity index is 6.52. The SMILES string of the molecule is CCCCCCCCCCCCC(CCCCCCCC)(C(=O)O)C(O)(C(=O)O)C(CCCCCCCC)(CCCCCCCC)C(=O)O. The molecular weight excluding hydrogens is 616 g/mol. The van der Waals surface area contributed by atoms with E-state index >= 15 is 0 Å². The van der Waals surface area contributed by atoms with E-state index in [4.69, 9.17) is 0 Å². The van der Waals surface area contributed by atoms with E-state index in [1.165, 1.54) is 32.1 Å². The van der Waals surface area contributed by atoms with E-state index < -0.39 is 34.3 Å². The summed E-state index contributed by atoms with van der Waals surface area (Å²) in [6.07, 6.45) is 26.1. The fourth-order valence-electron chi connectivity index (χ4n) is 8.11. The zero-order valence-corrected chi connectivity index (χ0v) is 32.6. The normalized spacial score (nSPS) is 14.4. The summed E-state index contributed by atoms with van der Waals surface area (Å²) in [4.78, 5) is 40.7. The molecule has 0 aromatic rings. The van der Waals surface area contributed by atoms with E-state index in [0.717, 1.165) is 122 Å². The third-order valence-corrected chi connectivity index (χ3v) is 11.3. The highest BCUT2D eigenvalue weighted by Gasteiger charge is 2.72. The van der Waals surface area contributed by atoms with Gasteiger partial charge in [0, 0.05) is 0 Å². The quantitative estimate of drug-likeness (QED) is 0.0475. The van der Waals surface area contributed by atoms with Gasteiger partial charge in [-0.2, -0.15) is 0 Å². The third-order valence-electron chi connectivity index (χ3n) is 11.3. The van der Waals surface area contributed by atoms with Crippen LogP contribution in [0.15, 0.2) is 0 Å². The van der Waals surface area contributed by atoms with Crippen molar-refractivity contribution in [2.45, 2.75) is 239 Å². The molecule has 0 amide bonds. The topological polar surface area (TPSA) is 132 Å². The number of aliphatic carboxylic acids is 3. The number of aliphatic hydroxyl groups is 1. The van der Waals surface area contributed by atoms with Gasteiger partial charge < -0.3 is 20.4 Å². The minimum Gasteiger partial charge on any atom is -0.481 e. The summed E-state index contributed by atoms with van der Waals surface area (Å²) in [5.41, 5.74) is -7.12. The standard InChI is InChI=1S/C42H80O7/c1-5-9-13-17-21-22-23-24-28-32-36-41(38(45)46,35-31-27-20-16-12-8-4)42(49,39(47)48)40(37(43)44,33-29-25-18-14-10-6-2)34-30-26-19-15-11-7-3/h49H,5-36H2,1-4H3,(H,43,44)(H,45,46)(H,47,48). The predicted octanol–water partition coefficient (Wildman–Crippen LogP) is 12.5. The Hall–Kier alpha value is -1.63. The van der Waals surface area contributed by atoms with Crippen molar-refractivity contribution in [3.05, 3.63) is 0 Å². The lowest BCUT2D eigenvalue weighted by Crippen LogP contribution is -2.69. The van der Waals surface area contributed by atoms with Crippen LogP contribution in [0.2, 0.25) is 0 Å². The fraction of sp³-hybridized carbons (Fsp3) is 0.929. The van der Waals surface area contributed by atoms with Crippen molar-refractivity contribution in [2.75, 3.05) is 0 Å². The summed E-state index contributed by atoms with van der Waals surface area (Å²) in [5, 5.41) is 45.9. The number of hydrogen-bond acceptors (Lipinski definition) is 4. The van der Waals surface area contributed by atoms with Crippen molar-refractivity contribution < 1.29 is 34.8 Å². The number of carboxylic acids is 3. The molecule has 0 aromatic heterocycles. The molecule has 0 aromatic carbocycles. The Kier molecular flexibility index (Phi) is 28.0. The fourth-order valence-corrected chi connectivity index (χ4v) is 8.11. The van der Waals surface area contributed by atoms with Gasteiger partial charge in [0.15, 0.2) is 5.60 Å². The highest BCUT2D eigenvalue weighted by atomic mass is 16.4. The average molecular weight is 697 g/mol. The first-order valence-electron chi connectivity index (χ1n) is 21.0. The molecule has 7 nitrogen and oxygen atoms in total. The van der Waals surface area contributed by atoms with Crippen LogP contribution in [0.5, 0.6) is 0 Å². The van der Waals surface area contributed by atoms with Gasteiger partial charge in [-0.1, -0.05) is 207 Å². The molecule has 0 spiro atoms. The number of unbranched alkanes of at least 4 members (excludes halogenated alkanes) is 24. The molecule has 2 unspecified atom stereocenters. The Labute approximate surface area is 301 Å². The number of carboxylic acid groups (broad SMARTS) is 3. The maximum atomic E-state index is 13.6. The van der Waals surface area contributed by atoms with Crippen molar-refractivity contribution in [1.29, 1.82) is 0 Å². The van der Waals surface area contributed by atoms with E-state index in [1.54, 1.807) is 0 Å². The van der Waals surface area contributed by atoms with Crippen LogP contribution < -0.4 is 0 Å². The number of hydrogen-bond donors (Lipinski definition) is 4. The van der Waals surface area contributed by atoms with Gasteiger partial charge in [0.2, 0.25) is 0 Å². The molecule has 0 aliphatic rings. The zero-order chi connectivity index (χ0) is 36.9. The van der Waals surface area contributed by atoms with Gasteiger partial charge in [-0.3, -0.25) is 9.59 Å². The second kappa shape index (κ2) is 29.0. The van der Waals surface area contributed by atoms with Gasteiger partial charge in [0.05, 0.1) is 0 Å². The maximum Gasteiger partial charge on any atom is 0.338 e. The minimum atomic E-state index is -2.94. The van der Waals surface area contributed by atoms with Crippen molar-refractivity contribution in [2.24, 2.45) is 10.8 Å². The lowest BCUT2D eigenvalue weighted by molar-refractivity contribution is -0.227. The second-order valence-corrected chi connectivity index (χ2v) is 15.3. The summed E-state index contributed by atoms with van der Waals surface area (Å²) in [6, 6.07) is 0. The predicted molar refractivity (Wildman–Crippen MR) is 203 cm³/mol. The van der Waals surface area contributed by atoms with Crippen molar-refractivity contribution >= 4 is 17.9 Å². The molecule has 0 fully saturated rings. The lowest BCUT2D eigenvalue weighted by atomic mass is 9.52. The van der Waals surface area contributed by atoms with Crippen molar-refractivity contribution in [3.8, 4) is 0 Å². The molecule has 4 N–H and O–H groups in total. The van der Waals surface area contributed by atoms with Crippen LogP contribution in [0, 0.1) is 10.8 Å². The van der Waals surface area contributed by atoms with Gasteiger partial charge in [-0.05, 0) is 25.7 Å². The Morgan fingerprint density at radius 1 is 0.327 bits per heavy atom. The molecule has 0 saturated heterocycles. The van der Waals surface area contributed by atoms with Crippen LogP contribution in [0.4, 0.5) is 0 Å². The van der Waals surface area contributed by atoms with E-state index in [0.29, 0.717) is 25.7 Å². The molecule has 0 heterocycles. The summed E-state index contributed by atoms with van der Waals surface area (Å²) in [5.74, 6) is -4.41. The first kappa shape index (κ1) is 47.4.